The Hall–Kier alpha value is -2.38. The lowest BCUT2D eigenvalue weighted by atomic mass is 10.1. The van der Waals surface area contributed by atoms with Crippen LogP contribution < -0.4 is 0 Å². The summed E-state index contributed by atoms with van der Waals surface area (Å²) in [6, 6.07) is 7.20. The van der Waals surface area contributed by atoms with E-state index in [2.05, 4.69) is 0 Å². The van der Waals surface area contributed by atoms with Gasteiger partial charge in [-0.3, -0.25) is 14.9 Å². The summed E-state index contributed by atoms with van der Waals surface area (Å²) in [5.41, 5.74) is 0.281. The third-order valence-electron chi connectivity index (χ3n) is 3.54. The number of nitro benzene ring substituents is 1. The molecule has 2 aromatic rings. The van der Waals surface area contributed by atoms with Crippen molar-refractivity contribution in [2.45, 2.75) is 0 Å². The van der Waals surface area contributed by atoms with Crippen LogP contribution in [0.15, 0.2) is 34.7 Å². The summed E-state index contributed by atoms with van der Waals surface area (Å²) in [6.45, 7) is 2.00. The van der Waals surface area contributed by atoms with Gasteiger partial charge in [-0.25, -0.2) is 0 Å². The molecule has 1 aromatic heterocycles. The molecule has 0 saturated carbocycles. The van der Waals surface area contributed by atoms with E-state index in [9.17, 15) is 14.9 Å². The van der Waals surface area contributed by atoms with Crippen molar-refractivity contribution >= 4 is 23.2 Å². The first-order valence-corrected chi connectivity index (χ1v) is 7.35. The van der Waals surface area contributed by atoms with Crippen LogP contribution in [0, 0.1) is 10.1 Å². The van der Waals surface area contributed by atoms with Gasteiger partial charge >= 0.3 is 0 Å². The maximum atomic E-state index is 12.3. The molecule has 1 amide bonds. The third-order valence-corrected chi connectivity index (χ3v) is 3.87. The SMILES string of the molecule is O=C(c1ccc(-c2cc([N+](=O)[O-])ccc2Cl)o1)N1CCOCC1. The Morgan fingerprint density at radius 2 is 1.96 bits per heavy atom. The molecule has 23 heavy (non-hydrogen) atoms. The lowest BCUT2D eigenvalue weighted by molar-refractivity contribution is -0.384. The van der Waals surface area contributed by atoms with Gasteiger partial charge in [0.05, 0.1) is 23.2 Å². The second kappa shape index (κ2) is 6.39. The van der Waals surface area contributed by atoms with Crippen molar-refractivity contribution in [3.05, 3.63) is 51.2 Å². The quantitative estimate of drug-likeness (QED) is 0.635. The number of nitrogens with zero attached hydrogens (tertiary/aromatic N) is 2. The van der Waals surface area contributed by atoms with Crippen molar-refractivity contribution in [1.82, 2.24) is 4.90 Å². The van der Waals surface area contributed by atoms with E-state index in [-0.39, 0.29) is 17.4 Å². The van der Waals surface area contributed by atoms with Gasteiger partial charge in [-0.15, -0.1) is 0 Å². The minimum Gasteiger partial charge on any atom is -0.451 e. The van der Waals surface area contributed by atoms with Crippen LogP contribution in [0.3, 0.4) is 0 Å². The molecular weight excluding hydrogens is 324 g/mol. The minimum atomic E-state index is -0.511. The summed E-state index contributed by atoms with van der Waals surface area (Å²) < 4.78 is 10.8. The number of benzene rings is 1. The molecule has 1 saturated heterocycles. The zero-order valence-corrected chi connectivity index (χ0v) is 12.8. The normalized spacial score (nSPS) is 14.7. The molecule has 0 spiro atoms. The van der Waals surface area contributed by atoms with Gasteiger partial charge in [0.2, 0.25) is 0 Å². The number of nitro groups is 1. The molecule has 7 nitrogen and oxygen atoms in total. The topological polar surface area (TPSA) is 85.8 Å². The number of halogens is 1. The van der Waals surface area contributed by atoms with E-state index in [1.165, 1.54) is 18.2 Å². The van der Waals surface area contributed by atoms with Gasteiger partial charge in [-0.2, -0.15) is 0 Å². The average Bonchev–Trinajstić information content (AvgIpc) is 3.05. The zero-order chi connectivity index (χ0) is 16.4. The molecule has 0 unspecified atom stereocenters. The van der Waals surface area contributed by atoms with E-state index in [1.54, 1.807) is 17.0 Å². The van der Waals surface area contributed by atoms with E-state index in [0.717, 1.165) is 0 Å². The Morgan fingerprint density at radius 3 is 2.65 bits per heavy atom. The standard InChI is InChI=1S/C15H13ClN2O5/c16-12-2-1-10(18(20)21)9-11(12)13-3-4-14(23-13)15(19)17-5-7-22-8-6-17/h1-4,9H,5-8H2. The number of furan rings is 1. The molecule has 1 aliphatic heterocycles. The number of rotatable bonds is 3. The van der Waals surface area contributed by atoms with Crippen LogP contribution in [0.4, 0.5) is 5.69 Å². The summed E-state index contributed by atoms with van der Waals surface area (Å²) in [6.07, 6.45) is 0. The minimum absolute atomic E-state index is 0.0955. The lowest BCUT2D eigenvalue weighted by Crippen LogP contribution is -2.40. The van der Waals surface area contributed by atoms with Crippen molar-refractivity contribution < 1.29 is 18.9 Å². The van der Waals surface area contributed by atoms with Crippen LogP contribution in [0.5, 0.6) is 0 Å². The monoisotopic (exact) mass is 336 g/mol. The first kappa shape index (κ1) is 15.5. The lowest BCUT2D eigenvalue weighted by Gasteiger charge is -2.25. The number of ether oxygens (including phenoxy) is 1. The van der Waals surface area contributed by atoms with E-state index in [0.29, 0.717) is 42.6 Å². The highest BCUT2D eigenvalue weighted by Gasteiger charge is 2.22. The highest BCUT2D eigenvalue weighted by molar-refractivity contribution is 6.33. The first-order valence-electron chi connectivity index (χ1n) is 6.97. The van der Waals surface area contributed by atoms with Crippen LogP contribution >= 0.6 is 11.6 Å². The van der Waals surface area contributed by atoms with E-state index in [1.807, 2.05) is 0 Å². The zero-order valence-electron chi connectivity index (χ0n) is 12.0. The summed E-state index contributed by atoms with van der Waals surface area (Å²) in [4.78, 5) is 24.3. The maximum Gasteiger partial charge on any atom is 0.289 e. The maximum absolute atomic E-state index is 12.3. The van der Waals surface area contributed by atoms with Crippen molar-refractivity contribution in [1.29, 1.82) is 0 Å². The predicted molar refractivity (Wildman–Crippen MR) is 82.5 cm³/mol. The van der Waals surface area contributed by atoms with Crippen molar-refractivity contribution in [3.63, 3.8) is 0 Å². The number of carbonyl (C=O) groups excluding carboxylic acids is 1. The predicted octanol–water partition coefficient (Wildman–Crippen LogP) is 2.98. The Morgan fingerprint density at radius 1 is 1.22 bits per heavy atom. The second-order valence-corrected chi connectivity index (χ2v) is 5.40. The molecule has 2 heterocycles. The number of non-ortho nitro benzene ring substituents is 1. The molecule has 1 fully saturated rings. The first-order chi connectivity index (χ1) is 11.1. The number of morpholine rings is 1. The van der Waals surface area contributed by atoms with Gasteiger partial charge in [0.25, 0.3) is 11.6 Å². The van der Waals surface area contributed by atoms with Gasteiger partial charge in [0.15, 0.2) is 5.76 Å². The molecule has 0 N–H and O–H groups in total. The highest BCUT2D eigenvalue weighted by atomic mass is 35.5. The second-order valence-electron chi connectivity index (χ2n) is 4.99. The molecule has 0 bridgehead atoms. The number of hydrogen-bond acceptors (Lipinski definition) is 5. The fourth-order valence-electron chi connectivity index (χ4n) is 2.34. The average molecular weight is 337 g/mol. The van der Waals surface area contributed by atoms with Gasteiger partial charge < -0.3 is 14.1 Å². The largest absolute Gasteiger partial charge is 0.451 e. The Bertz CT molecular complexity index is 752. The molecule has 0 radical (unpaired) electrons. The Balaban J connectivity index is 1.88. The molecule has 3 rings (SSSR count). The van der Waals surface area contributed by atoms with Gasteiger partial charge in [0.1, 0.15) is 5.76 Å². The molecule has 0 aliphatic carbocycles. The van der Waals surface area contributed by atoms with Crippen LogP contribution in [0.25, 0.3) is 11.3 Å². The highest BCUT2D eigenvalue weighted by Crippen LogP contribution is 2.32. The molecule has 8 heteroatoms. The van der Waals surface area contributed by atoms with Crippen LogP contribution in [-0.4, -0.2) is 42.0 Å². The van der Waals surface area contributed by atoms with Crippen molar-refractivity contribution in [2.75, 3.05) is 26.3 Å². The fraction of sp³-hybridized carbons (Fsp3) is 0.267. The third kappa shape index (κ3) is 3.20. The van der Waals surface area contributed by atoms with Crippen LogP contribution in [-0.2, 0) is 4.74 Å². The summed E-state index contributed by atoms with van der Waals surface area (Å²) in [7, 11) is 0. The summed E-state index contributed by atoms with van der Waals surface area (Å²) >= 11 is 6.08. The van der Waals surface area contributed by atoms with Gasteiger partial charge in [0, 0.05) is 30.8 Å². The number of carbonyl (C=O) groups is 1. The smallest absolute Gasteiger partial charge is 0.289 e. The summed E-state index contributed by atoms with van der Waals surface area (Å²) in [5, 5.41) is 11.2. The van der Waals surface area contributed by atoms with Crippen LogP contribution in [0.2, 0.25) is 5.02 Å². The molecule has 0 atom stereocenters. The molecular formula is C15H13ClN2O5. The number of hydrogen-bond donors (Lipinski definition) is 0. The summed E-state index contributed by atoms with van der Waals surface area (Å²) in [5.74, 6) is 0.251. The van der Waals surface area contributed by atoms with E-state index in [4.69, 9.17) is 20.8 Å². The Kier molecular flexibility index (Phi) is 4.31. The van der Waals surface area contributed by atoms with E-state index >= 15 is 0 Å². The Labute approximate surface area is 136 Å². The van der Waals surface area contributed by atoms with Gasteiger partial charge in [-0.05, 0) is 18.2 Å². The van der Waals surface area contributed by atoms with Crippen LogP contribution in [0.1, 0.15) is 10.6 Å². The van der Waals surface area contributed by atoms with E-state index < -0.39 is 4.92 Å². The molecule has 120 valence electrons. The molecule has 1 aliphatic rings. The fourth-order valence-corrected chi connectivity index (χ4v) is 2.55. The number of amides is 1. The molecule has 1 aromatic carbocycles. The van der Waals surface area contributed by atoms with Crippen molar-refractivity contribution in [2.24, 2.45) is 0 Å². The van der Waals surface area contributed by atoms with Gasteiger partial charge in [-0.1, -0.05) is 11.6 Å². The van der Waals surface area contributed by atoms with Crippen molar-refractivity contribution in [3.8, 4) is 11.3 Å².